The number of hydrogen-bond acceptors (Lipinski definition) is 1. The van der Waals surface area contributed by atoms with E-state index in [4.69, 9.17) is 28.2 Å². The van der Waals surface area contributed by atoms with E-state index in [1.165, 1.54) is 0 Å². The van der Waals surface area contributed by atoms with E-state index in [-0.39, 0.29) is 0 Å². The average molecular weight is 305 g/mol. The molecular weight excluding hydrogens is 291 g/mol. The van der Waals surface area contributed by atoms with Crippen LogP contribution in [0, 0.1) is 13.8 Å². The van der Waals surface area contributed by atoms with Crippen LogP contribution in [0.1, 0.15) is 16.8 Å². The van der Waals surface area contributed by atoms with Crippen molar-refractivity contribution in [2.24, 2.45) is 0 Å². The molecule has 0 radical (unpaired) electrons. The molecule has 102 valence electrons. The third-order valence-electron chi connectivity index (χ3n) is 3.50. The Morgan fingerprint density at radius 1 is 1.15 bits per heavy atom. The lowest BCUT2D eigenvalue weighted by molar-refractivity contribution is 1.08. The van der Waals surface area contributed by atoms with Crippen molar-refractivity contribution in [1.82, 2.24) is 9.38 Å². The van der Waals surface area contributed by atoms with Gasteiger partial charge in [-0.15, -0.1) is 11.6 Å². The fourth-order valence-corrected chi connectivity index (χ4v) is 2.78. The number of pyridine rings is 1. The topological polar surface area (TPSA) is 17.3 Å². The number of fused-ring (bicyclic) bond motifs is 1. The third kappa shape index (κ3) is 2.09. The van der Waals surface area contributed by atoms with E-state index < -0.39 is 0 Å². The van der Waals surface area contributed by atoms with Gasteiger partial charge >= 0.3 is 0 Å². The van der Waals surface area contributed by atoms with E-state index in [1.54, 1.807) is 0 Å². The van der Waals surface area contributed by atoms with Gasteiger partial charge in [0.25, 0.3) is 0 Å². The molecule has 0 N–H and O–H groups in total. The zero-order valence-corrected chi connectivity index (χ0v) is 12.8. The first-order valence-electron chi connectivity index (χ1n) is 6.41. The molecular formula is C16H14Cl2N2. The molecule has 0 bridgehead atoms. The van der Waals surface area contributed by atoms with Crippen LogP contribution in [0.5, 0.6) is 0 Å². The summed E-state index contributed by atoms with van der Waals surface area (Å²) in [7, 11) is 0. The van der Waals surface area contributed by atoms with E-state index >= 15 is 0 Å². The molecule has 3 aromatic rings. The number of hydrogen-bond donors (Lipinski definition) is 0. The Morgan fingerprint density at radius 2 is 1.95 bits per heavy atom. The third-order valence-corrected chi connectivity index (χ3v) is 4.18. The second kappa shape index (κ2) is 5.12. The average Bonchev–Trinajstić information content (AvgIpc) is 2.82. The van der Waals surface area contributed by atoms with Gasteiger partial charge in [0.15, 0.2) is 0 Å². The summed E-state index contributed by atoms with van der Waals surface area (Å²) in [5, 5.41) is 0.765. The second-order valence-corrected chi connectivity index (χ2v) is 5.56. The number of nitrogens with zero attached hydrogens (tertiary/aromatic N) is 2. The van der Waals surface area contributed by atoms with E-state index in [9.17, 15) is 0 Å². The quantitative estimate of drug-likeness (QED) is 0.608. The molecule has 0 saturated heterocycles. The number of alkyl halides is 1. The number of benzene rings is 1. The number of aromatic nitrogens is 2. The molecule has 2 aromatic heterocycles. The van der Waals surface area contributed by atoms with Crippen molar-refractivity contribution in [3.63, 3.8) is 0 Å². The summed E-state index contributed by atoms with van der Waals surface area (Å²) in [6.45, 7) is 4.05. The molecule has 0 spiro atoms. The van der Waals surface area contributed by atoms with Gasteiger partial charge in [-0.1, -0.05) is 23.7 Å². The van der Waals surface area contributed by atoms with Crippen molar-refractivity contribution in [3.8, 4) is 11.3 Å². The summed E-state index contributed by atoms with van der Waals surface area (Å²) in [5.74, 6) is 0.418. The lowest BCUT2D eigenvalue weighted by Crippen LogP contribution is -1.92. The van der Waals surface area contributed by atoms with Gasteiger partial charge in [0.05, 0.1) is 17.3 Å². The van der Waals surface area contributed by atoms with Gasteiger partial charge < -0.3 is 4.40 Å². The minimum absolute atomic E-state index is 0.418. The highest BCUT2D eigenvalue weighted by molar-refractivity contribution is 6.31. The summed E-state index contributed by atoms with van der Waals surface area (Å²) >= 11 is 12.2. The first-order valence-corrected chi connectivity index (χ1v) is 7.32. The van der Waals surface area contributed by atoms with Gasteiger partial charge in [-0.25, -0.2) is 4.98 Å². The Kier molecular flexibility index (Phi) is 3.45. The van der Waals surface area contributed by atoms with Crippen molar-refractivity contribution < 1.29 is 0 Å². The van der Waals surface area contributed by atoms with Gasteiger partial charge in [0.1, 0.15) is 5.65 Å². The normalized spacial score (nSPS) is 11.2. The van der Waals surface area contributed by atoms with Gasteiger partial charge in [-0.2, -0.15) is 0 Å². The minimum atomic E-state index is 0.418. The molecule has 1 aromatic carbocycles. The fourth-order valence-electron chi connectivity index (χ4n) is 2.40. The zero-order chi connectivity index (χ0) is 14.3. The highest BCUT2D eigenvalue weighted by Gasteiger charge is 2.14. The standard InChI is InChI=1S/C16H14Cl2N2/c1-10-4-3-7-20-14(9-17)15(19-16(10)20)12-5-6-13(18)11(2)8-12/h3-8H,9H2,1-2H3. The molecule has 0 amide bonds. The number of halogens is 2. The second-order valence-electron chi connectivity index (χ2n) is 4.89. The van der Waals surface area contributed by atoms with Crippen LogP contribution < -0.4 is 0 Å². The molecule has 20 heavy (non-hydrogen) atoms. The van der Waals surface area contributed by atoms with E-state index in [0.717, 1.165) is 38.7 Å². The van der Waals surface area contributed by atoms with E-state index in [2.05, 4.69) is 23.5 Å². The highest BCUT2D eigenvalue weighted by atomic mass is 35.5. The van der Waals surface area contributed by atoms with Crippen molar-refractivity contribution in [3.05, 3.63) is 58.4 Å². The Hall–Kier alpha value is -1.51. The Labute approximate surface area is 128 Å². The Balaban J connectivity index is 2.30. The monoisotopic (exact) mass is 304 g/mol. The van der Waals surface area contributed by atoms with Crippen molar-refractivity contribution in [2.75, 3.05) is 0 Å². The van der Waals surface area contributed by atoms with Crippen molar-refractivity contribution in [2.45, 2.75) is 19.7 Å². The predicted octanol–water partition coefficient (Wildman–Crippen LogP) is 5.01. The molecule has 0 saturated carbocycles. The molecule has 2 heterocycles. The van der Waals surface area contributed by atoms with E-state index in [0.29, 0.717) is 5.88 Å². The molecule has 2 nitrogen and oxygen atoms in total. The van der Waals surface area contributed by atoms with Crippen LogP contribution in [0.15, 0.2) is 36.5 Å². The smallest absolute Gasteiger partial charge is 0.140 e. The van der Waals surface area contributed by atoms with Crippen LogP contribution in [0.25, 0.3) is 16.9 Å². The maximum absolute atomic E-state index is 6.14. The maximum atomic E-state index is 6.14. The summed E-state index contributed by atoms with van der Waals surface area (Å²) in [6.07, 6.45) is 2.00. The molecule has 0 aliphatic carbocycles. The van der Waals surface area contributed by atoms with Gasteiger partial charge in [0, 0.05) is 16.8 Å². The molecule has 0 fully saturated rings. The Bertz CT molecular complexity index is 791. The maximum Gasteiger partial charge on any atom is 0.140 e. The SMILES string of the molecule is Cc1cc(-c2nc3c(C)cccn3c2CCl)ccc1Cl. The lowest BCUT2D eigenvalue weighted by Gasteiger charge is -2.04. The summed E-state index contributed by atoms with van der Waals surface area (Å²) in [4.78, 5) is 4.76. The van der Waals surface area contributed by atoms with Crippen LogP contribution in [0.2, 0.25) is 5.02 Å². The summed E-state index contributed by atoms with van der Waals surface area (Å²) in [6, 6.07) is 10.0. The number of imidazole rings is 1. The molecule has 0 atom stereocenters. The largest absolute Gasteiger partial charge is 0.302 e. The Morgan fingerprint density at radius 3 is 2.65 bits per heavy atom. The number of aryl methyl sites for hydroxylation is 2. The molecule has 3 rings (SSSR count). The highest BCUT2D eigenvalue weighted by Crippen LogP contribution is 2.29. The van der Waals surface area contributed by atoms with E-state index in [1.807, 2.05) is 31.3 Å². The molecule has 4 heteroatoms. The molecule has 0 aliphatic heterocycles. The predicted molar refractivity (Wildman–Crippen MR) is 84.7 cm³/mol. The first kappa shape index (κ1) is 13.5. The summed E-state index contributed by atoms with van der Waals surface area (Å²) in [5.41, 5.74) is 6.10. The van der Waals surface area contributed by atoms with Crippen LogP contribution in [-0.2, 0) is 5.88 Å². The van der Waals surface area contributed by atoms with Gasteiger partial charge in [-0.3, -0.25) is 0 Å². The molecule has 0 unspecified atom stereocenters. The zero-order valence-electron chi connectivity index (χ0n) is 11.3. The van der Waals surface area contributed by atoms with Crippen molar-refractivity contribution >= 4 is 28.8 Å². The minimum Gasteiger partial charge on any atom is -0.302 e. The van der Waals surface area contributed by atoms with Gasteiger partial charge in [0.2, 0.25) is 0 Å². The lowest BCUT2D eigenvalue weighted by atomic mass is 10.1. The summed E-state index contributed by atoms with van der Waals surface area (Å²) < 4.78 is 2.06. The first-order chi connectivity index (χ1) is 9.61. The van der Waals surface area contributed by atoms with Crippen LogP contribution >= 0.6 is 23.2 Å². The van der Waals surface area contributed by atoms with Crippen LogP contribution in [-0.4, -0.2) is 9.38 Å². The van der Waals surface area contributed by atoms with Crippen LogP contribution in [0.4, 0.5) is 0 Å². The molecule has 0 aliphatic rings. The van der Waals surface area contributed by atoms with Gasteiger partial charge in [-0.05, 0) is 43.2 Å². The fraction of sp³-hybridized carbons (Fsp3) is 0.188. The number of rotatable bonds is 2. The van der Waals surface area contributed by atoms with Crippen molar-refractivity contribution in [1.29, 1.82) is 0 Å². The van der Waals surface area contributed by atoms with Crippen LogP contribution in [0.3, 0.4) is 0 Å².